The van der Waals surface area contributed by atoms with Gasteiger partial charge < -0.3 is 14.6 Å². The number of carbonyl (C=O) groups is 1. The summed E-state index contributed by atoms with van der Waals surface area (Å²) < 4.78 is 10.9. The lowest BCUT2D eigenvalue weighted by Crippen LogP contribution is -2.53. The molecule has 1 unspecified atom stereocenters. The number of nitrogens with one attached hydrogen (secondary N) is 1. The maximum Gasteiger partial charge on any atom is 0.323 e. The van der Waals surface area contributed by atoms with Crippen molar-refractivity contribution < 1.29 is 19.4 Å². The molecule has 0 spiro atoms. The summed E-state index contributed by atoms with van der Waals surface area (Å²) in [6.45, 7) is 6.79. The highest BCUT2D eigenvalue weighted by Crippen LogP contribution is 2.12. The number of hydrogen-bond acceptors (Lipinski definition) is 4. The number of hydrogen-bond donors (Lipinski definition) is 2. The zero-order chi connectivity index (χ0) is 15.7. The van der Waals surface area contributed by atoms with Gasteiger partial charge in [-0.25, -0.2) is 0 Å². The smallest absolute Gasteiger partial charge is 0.323 e. The van der Waals surface area contributed by atoms with Crippen molar-refractivity contribution >= 4 is 5.97 Å². The fourth-order valence-corrected chi connectivity index (χ4v) is 1.99. The van der Waals surface area contributed by atoms with E-state index in [1.807, 2.05) is 44.2 Å². The molecule has 1 aromatic carbocycles. The molecule has 0 saturated heterocycles. The van der Waals surface area contributed by atoms with Gasteiger partial charge in [0, 0.05) is 12.6 Å². The molecule has 0 aliphatic heterocycles. The minimum absolute atomic E-state index is 0.104. The van der Waals surface area contributed by atoms with E-state index in [1.165, 1.54) is 0 Å². The second-order valence-electron chi connectivity index (χ2n) is 5.46. The summed E-state index contributed by atoms with van der Waals surface area (Å²) in [7, 11) is 0. The number of rotatable bonds is 10. The molecule has 0 bridgehead atoms. The second kappa shape index (κ2) is 8.64. The Kier molecular flexibility index (Phi) is 7.19. The fourth-order valence-electron chi connectivity index (χ4n) is 1.99. The Labute approximate surface area is 126 Å². The first-order valence-corrected chi connectivity index (χ1v) is 7.21. The van der Waals surface area contributed by atoms with E-state index in [0.717, 1.165) is 5.75 Å². The SMILES string of the molecule is CC(C)NC(C)(CCOCCOc1ccccc1)C(=O)O. The molecule has 21 heavy (non-hydrogen) atoms. The Morgan fingerprint density at radius 3 is 2.48 bits per heavy atom. The van der Waals surface area contributed by atoms with E-state index in [1.54, 1.807) is 6.92 Å². The second-order valence-corrected chi connectivity index (χ2v) is 5.46. The monoisotopic (exact) mass is 295 g/mol. The molecule has 1 aromatic rings. The summed E-state index contributed by atoms with van der Waals surface area (Å²) in [5.41, 5.74) is -0.964. The van der Waals surface area contributed by atoms with Crippen LogP contribution in [0.5, 0.6) is 5.75 Å². The van der Waals surface area contributed by atoms with Crippen molar-refractivity contribution in [1.29, 1.82) is 0 Å². The van der Waals surface area contributed by atoms with Crippen LogP contribution in [0.15, 0.2) is 30.3 Å². The van der Waals surface area contributed by atoms with Crippen LogP contribution in [0, 0.1) is 0 Å². The molecule has 0 aliphatic rings. The first kappa shape index (κ1) is 17.5. The normalized spacial score (nSPS) is 13.9. The number of ether oxygens (including phenoxy) is 2. The van der Waals surface area contributed by atoms with Crippen LogP contribution in [0.2, 0.25) is 0 Å². The summed E-state index contributed by atoms with van der Waals surface area (Å²) in [6, 6.07) is 9.62. The quantitative estimate of drug-likeness (QED) is 0.648. The van der Waals surface area contributed by atoms with Crippen LogP contribution >= 0.6 is 0 Å². The Morgan fingerprint density at radius 1 is 1.24 bits per heavy atom. The van der Waals surface area contributed by atoms with Gasteiger partial charge in [0.25, 0.3) is 0 Å². The molecule has 0 aliphatic carbocycles. The molecule has 5 heteroatoms. The van der Waals surface area contributed by atoms with Crippen LogP contribution in [-0.4, -0.2) is 42.5 Å². The summed E-state index contributed by atoms with van der Waals surface area (Å²) in [5, 5.41) is 12.4. The summed E-state index contributed by atoms with van der Waals surface area (Å²) in [6.07, 6.45) is 0.409. The molecule has 0 saturated carbocycles. The standard InChI is InChI=1S/C16H25NO4/c1-13(2)17-16(3,15(18)19)9-10-20-11-12-21-14-7-5-4-6-8-14/h4-8,13,17H,9-12H2,1-3H3,(H,18,19). The van der Waals surface area contributed by atoms with Crippen LogP contribution in [-0.2, 0) is 9.53 Å². The van der Waals surface area contributed by atoms with Crippen molar-refractivity contribution in [2.24, 2.45) is 0 Å². The molecule has 0 amide bonds. The third-order valence-electron chi connectivity index (χ3n) is 3.07. The highest BCUT2D eigenvalue weighted by atomic mass is 16.5. The molecule has 0 heterocycles. The average molecular weight is 295 g/mol. The van der Waals surface area contributed by atoms with E-state index >= 15 is 0 Å². The van der Waals surface area contributed by atoms with Gasteiger partial charge in [0.15, 0.2) is 0 Å². The van der Waals surface area contributed by atoms with E-state index < -0.39 is 11.5 Å². The molecular weight excluding hydrogens is 270 g/mol. The molecule has 1 atom stereocenters. The Morgan fingerprint density at radius 2 is 1.90 bits per heavy atom. The van der Waals surface area contributed by atoms with E-state index in [0.29, 0.717) is 26.2 Å². The molecule has 0 radical (unpaired) electrons. The predicted molar refractivity (Wildman–Crippen MR) is 81.7 cm³/mol. The fraction of sp³-hybridized carbons (Fsp3) is 0.562. The lowest BCUT2D eigenvalue weighted by atomic mass is 9.97. The number of para-hydroxylation sites is 1. The summed E-state index contributed by atoms with van der Waals surface area (Å²) >= 11 is 0. The lowest BCUT2D eigenvalue weighted by molar-refractivity contribution is -0.145. The number of carboxylic acid groups (broad SMARTS) is 1. The van der Waals surface area contributed by atoms with Gasteiger partial charge in [-0.05, 0) is 39.3 Å². The van der Waals surface area contributed by atoms with Gasteiger partial charge in [0.2, 0.25) is 0 Å². The first-order valence-electron chi connectivity index (χ1n) is 7.21. The van der Waals surface area contributed by atoms with Crippen LogP contribution < -0.4 is 10.1 Å². The van der Waals surface area contributed by atoms with Crippen molar-refractivity contribution in [2.45, 2.75) is 38.8 Å². The van der Waals surface area contributed by atoms with Crippen molar-refractivity contribution in [1.82, 2.24) is 5.32 Å². The maximum absolute atomic E-state index is 11.3. The summed E-state index contributed by atoms with van der Waals surface area (Å²) in [4.78, 5) is 11.3. The van der Waals surface area contributed by atoms with Gasteiger partial charge in [-0.1, -0.05) is 18.2 Å². The maximum atomic E-state index is 11.3. The minimum atomic E-state index is -0.964. The Bertz CT molecular complexity index is 422. The topological polar surface area (TPSA) is 67.8 Å². The molecule has 5 nitrogen and oxygen atoms in total. The third kappa shape index (κ3) is 6.60. The van der Waals surface area contributed by atoms with Crippen LogP contribution in [0.3, 0.4) is 0 Å². The zero-order valence-corrected chi connectivity index (χ0v) is 13.0. The molecule has 0 aromatic heterocycles. The molecule has 1 rings (SSSR count). The minimum Gasteiger partial charge on any atom is -0.491 e. The molecule has 0 fully saturated rings. The lowest BCUT2D eigenvalue weighted by Gasteiger charge is -2.28. The number of aliphatic carboxylic acids is 1. The average Bonchev–Trinajstić information content (AvgIpc) is 2.43. The van der Waals surface area contributed by atoms with Gasteiger partial charge in [0.05, 0.1) is 6.61 Å². The summed E-state index contributed by atoms with van der Waals surface area (Å²) in [5.74, 6) is -0.0571. The Balaban J connectivity index is 2.21. The van der Waals surface area contributed by atoms with Crippen molar-refractivity contribution in [3.05, 3.63) is 30.3 Å². The van der Waals surface area contributed by atoms with Crippen molar-refractivity contribution in [3.8, 4) is 5.75 Å². The number of benzene rings is 1. The van der Waals surface area contributed by atoms with Crippen LogP contribution in [0.25, 0.3) is 0 Å². The van der Waals surface area contributed by atoms with Gasteiger partial charge in [0.1, 0.15) is 17.9 Å². The predicted octanol–water partition coefficient (Wildman–Crippen LogP) is 2.31. The van der Waals surface area contributed by atoms with E-state index in [9.17, 15) is 9.90 Å². The van der Waals surface area contributed by atoms with E-state index in [-0.39, 0.29) is 6.04 Å². The van der Waals surface area contributed by atoms with Gasteiger partial charge in [-0.15, -0.1) is 0 Å². The van der Waals surface area contributed by atoms with E-state index in [4.69, 9.17) is 9.47 Å². The highest BCUT2D eigenvalue weighted by molar-refractivity contribution is 5.78. The zero-order valence-electron chi connectivity index (χ0n) is 13.0. The van der Waals surface area contributed by atoms with Gasteiger partial charge >= 0.3 is 5.97 Å². The molecule has 118 valence electrons. The van der Waals surface area contributed by atoms with Gasteiger partial charge in [-0.3, -0.25) is 10.1 Å². The molecule has 2 N–H and O–H groups in total. The largest absolute Gasteiger partial charge is 0.491 e. The van der Waals surface area contributed by atoms with Gasteiger partial charge in [-0.2, -0.15) is 0 Å². The first-order chi connectivity index (χ1) is 9.94. The highest BCUT2D eigenvalue weighted by Gasteiger charge is 2.32. The van der Waals surface area contributed by atoms with Crippen LogP contribution in [0.1, 0.15) is 27.2 Å². The molecular formula is C16H25NO4. The van der Waals surface area contributed by atoms with Crippen molar-refractivity contribution in [2.75, 3.05) is 19.8 Å². The van der Waals surface area contributed by atoms with E-state index in [2.05, 4.69) is 5.32 Å². The van der Waals surface area contributed by atoms with Crippen LogP contribution in [0.4, 0.5) is 0 Å². The third-order valence-corrected chi connectivity index (χ3v) is 3.07. The number of carboxylic acids is 1. The Hall–Kier alpha value is -1.59. The van der Waals surface area contributed by atoms with Crippen molar-refractivity contribution in [3.63, 3.8) is 0 Å².